The Hall–Kier alpha value is -0.150. The van der Waals surface area contributed by atoms with Gasteiger partial charge in [0.2, 0.25) is 0 Å². The SMILES string of the molecule is C=C(CBr)c1ccc(Br)cn1. The van der Waals surface area contributed by atoms with Crippen LogP contribution in [0, 0.1) is 0 Å². The molecule has 0 aliphatic heterocycles. The predicted molar refractivity (Wildman–Crippen MR) is 54.8 cm³/mol. The Bertz CT molecular complexity index is 253. The fourth-order valence-corrected chi connectivity index (χ4v) is 1.18. The van der Waals surface area contributed by atoms with Crippen molar-refractivity contribution in [1.82, 2.24) is 4.98 Å². The number of aromatic nitrogens is 1. The first-order chi connectivity index (χ1) is 5.24. The van der Waals surface area contributed by atoms with Crippen LogP contribution in [-0.4, -0.2) is 10.3 Å². The highest BCUT2D eigenvalue weighted by Gasteiger charge is 1.96. The highest BCUT2D eigenvalue weighted by Crippen LogP contribution is 2.14. The second-order valence-corrected chi connectivity index (χ2v) is 3.58. The van der Waals surface area contributed by atoms with Gasteiger partial charge in [0.1, 0.15) is 0 Å². The topological polar surface area (TPSA) is 12.9 Å². The molecule has 0 saturated heterocycles. The van der Waals surface area contributed by atoms with Gasteiger partial charge in [0, 0.05) is 16.0 Å². The summed E-state index contributed by atoms with van der Waals surface area (Å²) in [6, 6.07) is 3.89. The molecule has 0 radical (unpaired) electrons. The average molecular weight is 277 g/mol. The molecule has 11 heavy (non-hydrogen) atoms. The molecule has 0 fully saturated rings. The molecule has 58 valence electrons. The van der Waals surface area contributed by atoms with Crippen molar-refractivity contribution in [2.45, 2.75) is 0 Å². The van der Waals surface area contributed by atoms with Crippen LogP contribution in [0.2, 0.25) is 0 Å². The second kappa shape index (κ2) is 4.02. The number of rotatable bonds is 2. The van der Waals surface area contributed by atoms with Gasteiger partial charge in [0.05, 0.1) is 5.69 Å². The molecule has 0 N–H and O–H groups in total. The van der Waals surface area contributed by atoms with Gasteiger partial charge in [-0.15, -0.1) is 0 Å². The maximum absolute atomic E-state index is 4.17. The molecule has 0 amide bonds. The van der Waals surface area contributed by atoms with Crippen molar-refractivity contribution in [2.24, 2.45) is 0 Å². The fourth-order valence-electron chi connectivity index (χ4n) is 0.653. The summed E-state index contributed by atoms with van der Waals surface area (Å²) < 4.78 is 0.989. The minimum atomic E-state index is 0.766. The van der Waals surface area contributed by atoms with Gasteiger partial charge < -0.3 is 0 Å². The summed E-state index contributed by atoms with van der Waals surface area (Å²) in [6.45, 7) is 3.85. The maximum Gasteiger partial charge on any atom is 0.0665 e. The van der Waals surface area contributed by atoms with Gasteiger partial charge >= 0.3 is 0 Å². The number of alkyl halides is 1. The van der Waals surface area contributed by atoms with E-state index in [0.29, 0.717) is 0 Å². The second-order valence-electron chi connectivity index (χ2n) is 2.10. The van der Waals surface area contributed by atoms with Crippen LogP contribution in [0.4, 0.5) is 0 Å². The van der Waals surface area contributed by atoms with Crippen LogP contribution in [0.3, 0.4) is 0 Å². The quantitative estimate of drug-likeness (QED) is 0.756. The van der Waals surface area contributed by atoms with E-state index in [1.807, 2.05) is 12.1 Å². The lowest BCUT2D eigenvalue weighted by molar-refractivity contribution is 1.26. The van der Waals surface area contributed by atoms with E-state index in [9.17, 15) is 0 Å². The van der Waals surface area contributed by atoms with E-state index < -0.39 is 0 Å². The first kappa shape index (κ1) is 8.94. The third-order valence-electron chi connectivity index (χ3n) is 1.25. The minimum Gasteiger partial charge on any atom is -0.255 e. The molecule has 0 spiro atoms. The fraction of sp³-hybridized carbons (Fsp3) is 0.125. The largest absolute Gasteiger partial charge is 0.255 e. The monoisotopic (exact) mass is 275 g/mol. The smallest absolute Gasteiger partial charge is 0.0665 e. The molecule has 0 aromatic carbocycles. The maximum atomic E-state index is 4.17. The van der Waals surface area contributed by atoms with Crippen LogP contribution >= 0.6 is 31.9 Å². The zero-order valence-corrected chi connectivity index (χ0v) is 9.02. The Morgan fingerprint density at radius 2 is 2.27 bits per heavy atom. The molecule has 0 unspecified atom stereocenters. The van der Waals surface area contributed by atoms with E-state index in [4.69, 9.17) is 0 Å². The molecule has 1 rings (SSSR count). The molecule has 3 heteroatoms. The number of pyridine rings is 1. The summed E-state index contributed by atoms with van der Waals surface area (Å²) in [6.07, 6.45) is 1.77. The number of halogens is 2. The molecular formula is C8H7Br2N. The van der Waals surface area contributed by atoms with Crippen LogP contribution in [-0.2, 0) is 0 Å². The predicted octanol–water partition coefficient (Wildman–Crippen LogP) is 3.25. The standard InChI is InChI=1S/C8H7Br2N/c1-6(4-9)8-3-2-7(10)5-11-8/h2-3,5H,1,4H2. The Kier molecular flexibility index (Phi) is 3.27. The lowest BCUT2D eigenvalue weighted by Gasteiger charge is -1.99. The van der Waals surface area contributed by atoms with Crippen molar-refractivity contribution in [2.75, 3.05) is 5.33 Å². The molecule has 0 atom stereocenters. The minimum absolute atomic E-state index is 0.766. The van der Waals surface area contributed by atoms with Gasteiger partial charge in [-0.25, -0.2) is 0 Å². The van der Waals surface area contributed by atoms with Crippen molar-refractivity contribution in [3.8, 4) is 0 Å². The molecule has 1 nitrogen and oxygen atoms in total. The molecule has 0 aliphatic rings. The van der Waals surface area contributed by atoms with Crippen LogP contribution in [0.25, 0.3) is 5.57 Å². The Balaban J connectivity index is 2.90. The zero-order valence-electron chi connectivity index (χ0n) is 5.85. The van der Waals surface area contributed by atoms with Gasteiger partial charge in [0.15, 0.2) is 0 Å². The average Bonchev–Trinajstić information content (AvgIpc) is 2.05. The third kappa shape index (κ3) is 2.42. The third-order valence-corrected chi connectivity index (χ3v) is 2.40. The van der Waals surface area contributed by atoms with E-state index in [0.717, 1.165) is 21.1 Å². The lowest BCUT2D eigenvalue weighted by atomic mass is 10.2. The molecule has 0 aliphatic carbocycles. The number of nitrogens with zero attached hydrogens (tertiary/aromatic N) is 1. The summed E-state index contributed by atoms with van der Waals surface area (Å²) in [5, 5.41) is 0.766. The summed E-state index contributed by atoms with van der Waals surface area (Å²) in [4.78, 5) is 4.17. The van der Waals surface area contributed by atoms with Crippen LogP contribution in [0.1, 0.15) is 5.69 Å². The van der Waals surface area contributed by atoms with E-state index in [1.54, 1.807) is 6.20 Å². The Morgan fingerprint density at radius 1 is 1.55 bits per heavy atom. The van der Waals surface area contributed by atoms with Gasteiger partial charge in [-0.05, 0) is 33.6 Å². The lowest BCUT2D eigenvalue weighted by Crippen LogP contribution is -1.87. The summed E-state index contributed by atoms with van der Waals surface area (Å²) in [5.74, 6) is 0. The summed E-state index contributed by atoms with van der Waals surface area (Å²) in [7, 11) is 0. The van der Waals surface area contributed by atoms with Crippen LogP contribution in [0.15, 0.2) is 29.4 Å². The van der Waals surface area contributed by atoms with Crippen molar-refractivity contribution < 1.29 is 0 Å². The van der Waals surface area contributed by atoms with Gasteiger partial charge in [-0.1, -0.05) is 22.5 Å². The first-order valence-corrected chi connectivity index (χ1v) is 5.01. The first-order valence-electron chi connectivity index (χ1n) is 3.09. The number of hydrogen-bond acceptors (Lipinski definition) is 1. The highest BCUT2D eigenvalue weighted by atomic mass is 79.9. The normalized spacial score (nSPS) is 9.64. The molecule has 0 bridgehead atoms. The van der Waals surface area contributed by atoms with Crippen LogP contribution in [0.5, 0.6) is 0 Å². The van der Waals surface area contributed by atoms with Crippen LogP contribution < -0.4 is 0 Å². The van der Waals surface area contributed by atoms with E-state index in [-0.39, 0.29) is 0 Å². The zero-order chi connectivity index (χ0) is 8.27. The van der Waals surface area contributed by atoms with Gasteiger partial charge in [-0.3, -0.25) is 4.98 Å². The van der Waals surface area contributed by atoms with E-state index in [2.05, 4.69) is 43.4 Å². The molecule has 1 aromatic heterocycles. The van der Waals surface area contributed by atoms with Crippen molar-refractivity contribution in [3.63, 3.8) is 0 Å². The summed E-state index contributed by atoms with van der Waals surface area (Å²) in [5.41, 5.74) is 1.93. The highest BCUT2D eigenvalue weighted by molar-refractivity contribution is 9.10. The summed E-state index contributed by atoms with van der Waals surface area (Å²) >= 11 is 6.63. The van der Waals surface area contributed by atoms with Crippen molar-refractivity contribution in [3.05, 3.63) is 35.1 Å². The number of allylic oxidation sites excluding steroid dienone is 1. The molecule has 1 aromatic rings. The number of hydrogen-bond donors (Lipinski definition) is 0. The van der Waals surface area contributed by atoms with E-state index >= 15 is 0 Å². The Labute approximate surface area is 82.8 Å². The van der Waals surface area contributed by atoms with Crippen molar-refractivity contribution in [1.29, 1.82) is 0 Å². The van der Waals surface area contributed by atoms with Crippen molar-refractivity contribution >= 4 is 37.4 Å². The van der Waals surface area contributed by atoms with Gasteiger partial charge in [0.25, 0.3) is 0 Å². The Morgan fingerprint density at radius 3 is 2.73 bits per heavy atom. The molecule has 1 heterocycles. The van der Waals surface area contributed by atoms with Gasteiger partial charge in [-0.2, -0.15) is 0 Å². The molecular weight excluding hydrogens is 270 g/mol. The van der Waals surface area contributed by atoms with E-state index in [1.165, 1.54) is 0 Å². The molecule has 0 saturated carbocycles.